The molecule has 3 heterocycles. The average Bonchev–Trinajstić information content (AvgIpc) is 3.28. The first kappa shape index (κ1) is 16.8. The van der Waals surface area contributed by atoms with Gasteiger partial charge in [-0.05, 0) is 56.5 Å². The Kier molecular flexibility index (Phi) is 3.93. The van der Waals surface area contributed by atoms with Crippen LogP contribution in [0.1, 0.15) is 55.1 Å². The zero-order chi connectivity index (χ0) is 18.5. The number of hydrogen-bond acceptors (Lipinski definition) is 3. The summed E-state index contributed by atoms with van der Waals surface area (Å²) in [4.78, 5) is 18.4. The number of para-hydroxylation sites is 2. The standard InChI is InChI=1S/C22H23N3OS/c1-14-12-16(15(2)24(14)17-8-4-3-5-9-17)13-20-21(26)25-19-11-7-6-10-18(19)23-22(25)27-20/h6-7,10-13,17H,3-5,8-9H2,1-2H3/b20-13-. The van der Waals surface area contributed by atoms with Gasteiger partial charge in [-0.2, -0.15) is 0 Å². The van der Waals surface area contributed by atoms with E-state index in [0.29, 0.717) is 6.04 Å². The maximum atomic E-state index is 13.0. The largest absolute Gasteiger partial charge is 0.346 e. The maximum Gasteiger partial charge on any atom is 0.274 e. The number of rotatable bonds is 2. The number of thiazole rings is 1. The lowest BCUT2D eigenvalue weighted by Gasteiger charge is -2.26. The minimum Gasteiger partial charge on any atom is -0.346 e. The highest BCUT2D eigenvalue weighted by Crippen LogP contribution is 2.32. The highest BCUT2D eigenvalue weighted by molar-refractivity contribution is 7.15. The van der Waals surface area contributed by atoms with E-state index in [-0.39, 0.29) is 5.56 Å². The van der Waals surface area contributed by atoms with Gasteiger partial charge >= 0.3 is 0 Å². The van der Waals surface area contributed by atoms with Crippen LogP contribution in [0.3, 0.4) is 0 Å². The van der Waals surface area contributed by atoms with Gasteiger partial charge in [-0.3, -0.25) is 4.79 Å². The van der Waals surface area contributed by atoms with E-state index in [1.807, 2.05) is 24.3 Å². The van der Waals surface area contributed by atoms with Crippen molar-refractivity contribution in [1.29, 1.82) is 0 Å². The molecule has 0 spiro atoms. The second kappa shape index (κ2) is 6.34. The van der Waals surface area contributed by atoms with Crippen molar-refractivity contribution in [1.82, 2.24) is 14.0 Å². The predicted octanol–water partition coefficient (Wildman–Crippen LogP) is 4.38. The molecule has 0 saturated heterocycles. The molecule has 0 N–H and O–H groups in total. The summed E-state index contributed by atoms with van der Waals surface area (Å²) in [5, 5.41) is 0. The lowest BCUT2D eigenvalue weighted by molar-refractivity contribution is 0.346. The normalized spacial score (nSPS) is 16.7. The Morgan fingerprint density at radius 3 is 2.74 bits per heavy atom. The number of benzene rings is 1. The second-order valence-electron chi connectivity index (χ2n) is 7.62. The summed E-state index contributed by atoms with van der Waals surface area (Å²) in [7, 11) is 0. The van der Waals surface area contributed by atoms with Gasteiger partial charge in [0.2, 0.25) is 0 Å². The van der Waals surface area contributed by atoms with Crippen LogP contribution in [0.2, 0.25) is 0 Å². The van der Waals surface area contributed by atoms with Crippen molar-refractivity contribution in [2.45, 2.75) is 52.0 Å². The van der Waals surface area contributed by atoms with E-state index in [4.69, 9.17) is 0 Å². The molecular weight excluding hydrogens is 354 g/mol. The van der Waals surface area contributed by atoms with Gasteiger partial charge in [0.15, 0.2) is 4.96 Å². The van der Waals surface area contributed by atoms with Crippen LogP contribution in [0.25, 0.3) is 22.1 Å². The van der Waals surface area contributed by atoms with Crippen molar-refractivity contribution in [2.75, 3.05) is 0 Å². The fourth-order valence-electron chi connectivity index (χ4n) is 4.60. The summed E-state index contributed by atoms with van der Waals surface area (Å²) in [5.41, 5.74) is 5.53. The average molecular weight is 378 g/mol. The third-order valence-electron chi connectivity index (χ3n) is 5.90. The van der Waals surface area contributed by atoms with E-state index in [2.05, 4.69) is 35.5 Å². The van der Waals surface area contributed by atoms with Crippen LogP contribution in [0.15, 0.2) is 35.1 Å². The predicted molar refractivity (Wildman–Crippen MR) is 112 cm³/mol. The van der Waals surface area contributed by atoms with Gasteiger partial charge in [-0.1, -0.05) is 42.7 Å². The first-order valence-electron chi connectivity index (χ1n) is 9.73. The third kappa shape index (κ3) is 2.64. The summed E-state index contributed by atoms with van der Waals surface area (Å²) in [6.45, 7) is 4.37. The molecule has 0 radical (unpaired) electrons. The third-order valence-corrected chi connectivity index (χ3v) is 6.86. The smallest absolute Gasteiger partial charge is 0.274 e. The van der Waals surface area contributed by atoms with Gasteiger partial charge in [0.05, 0.1) is 15.6 Å². The molecule has 0 amide bonds. The van der Waals surface area contributed by atoms with Gasteiger partial charge in [-0.25, -0.2) is 9.38 Å². The van der Waals surface area contributed by atoms with Crippen LogP contribution in [0.4, 0.5) is 0 Å². The Hall–Kier alpha value is -2.40. The van der Waals surface area contributed by atoms with Crippen LogP contribution in [0, 0.1) is 13.8 Å². The number of nitrogens with zero attached hydrogens (tertiary/aromatic N) is 3. The maximum absolute atomic E-state index is 13.0. The van der Waals surface area contributed by atoms with Crippen molar-refractivity contribution in [3.05, 3.63) is 62.2 Å². The van der Waals surface area contributed by atoms with Gasteiger partial charge in [0.25, 0.3) is 5.56 Å². The Balaban J connectivity index is 1.65. The van der Waals surface area contributed by atoms with Crippen molar-refractivity contribution < 1.29 is 0 Å². The fraction of sp³-hybridized carbons (Fsp3) is 0.364. The first-order valence-corrected chi connectivity index (χ1v) is 10.6. The first-order chi connectivity index (χ1) is 13.1. The number of aryl methyl sites for hydroxylation is 1. The van der Waals surface area contributed by atoms with Crippen LogP contribution in [0.5, 0.6) is 0 Å². The van der Waals surface area contributed by atoms with Crippen molar-refractivity contribution in [2.24, 2.45) is 0 Å². The van der Waals surface area contributed by atoms with Gasteiger partial charge < -0.3 is 4.57 Å². The molecule has 3 aromatic heterocycles. The SMILES string of the molecule is Cc1cc(/C=c2\sc3nc4ccccc4n3c2=O)c(C)n1C1CCCCC1. The molecule has 1 saturated carbocycles. The second-order valence-corrected chi connectivity index (χ2v) is 8.63. The molecule has 1 aliphatic rings. The van der Waals surface area contributed by atoms with Crippen molar-refractivity contribution in [3.8, 4) is 0 Å². The van der Waals surface area contributed by atoms with E-state index in [0.717, 1.165) is 26.1 Å². The summed E-state index contributed by atoms with van der Waals surface area (Å²) in [5.74, 6) is 0. The van der Waals surface area contributed by atoms with Crippen LogP contribution < -0.4 is 10.1 Å². The molecular formula is C22H23N3OS. The molecule has 1 aromatic carbocycles. The molecule has 4 aromatic rings. The lowest BCUT2D eigenvalue weighted by atomic mass is 9.95. The minimum atomic E-state index is 0.0335. The van der Waals surface area contributed by atoms with Crippen molar-refractivity contribution in [3.63, 3.8) is 0 Å². The van der Waals surface area contributed by atoms with Gasteiger partial charge in [0.1, 0.15) is 0 Å². The zero-order valence-electron chi connectivity index (χ0n) is 15.7. The quantitative estimate of drug-likeness (QED) is 0.520. The van der Waals surface area contributed by atoms with E-state index in [9.17, 15) is 4.79 Å². The molecule has 5 rings (SSSR count). The molecule has 0 atom stereocenters. The number of aromatic nitrogens is 3. The molecule has 138 valence electrons. The summed E-state index contributed by atoms with van der Waals surface area (Å²) in [6.07, 6.45) is 8.58. The van der Waals surface area contributed by atoms with Crippen molar-refractivity contribution >= 4 is 33.4 Å². The Morgan fingerprint density at radius 1 is 1.15 bits per heavy atom. The number of hydrogen-bond donors (Lipinski definition) is 0. The Labute approximate surface area is 161 Å². The minimum absolute atomic E-state index is 0.0335. The molecule has 1 aliphatic carbocycles. The number of imidazole rings is 1. The topological polar surface area (TPSA) is 39.3 Å². The van der Waals surface area contributed by atoms with E-state index < -0.39 is 0 Å². The molecule has 0 unspecified atom stereocenters. The molecule has 5 heteroatoms. The zero-order valence-corrected chi connectivity index (χ0v) is 16.6. The van der Waals surface area contributed by atoms with Crippen LogP contribution >= 0.6 is 11.3 Å². The highest BCUT2D eigenvalue weighted by atomic mass is 32.1. The monoisotopic (exact) mass is 377 g/mol. The molecule has 27 heavy (non-hydrogen) atoms. The van der Waals surface area contributed by atoms with Gasteiger partial charge in [0, 0.05) is 17.4 Å². The molecule has 0 aliphatic heterocycles. The summed E-state index contributed by atoms with van der Waals surface area (Å²) < 4.78 is 4.99. The van der Waals surface area contributed by atoms with Crippen LogP contribution in [-0.2, 0) is 0 Å². The highest BCUT2D eigenvalue weighted by Gasteiger charge is 2.20. The van der Waals surface area contributed by atoms with E-state index in [1.54, 1.807) is 4.40 Å². The molecule has 1 fully saturated rings. The van der Waals surface area contributed by atoms with Gasteiger partial charge in [-0.15, -0.1) is 0 Å². The van der Waals surface area contributed by atoms with E-state index >= 15 is 0 Å². The Bertz CT molecular complexity index is 1250. The summed E-state index contributed by atoms with van der Waals surface area (Å²) >= 11 is 1.48. The summed E-state index contributed by atoms with van der Waals surface area (Å²) in [6, 6.07) is 10.7. The fourth-order valence-corrected chi connectivity index (χ4v) is 5.58. The number of fused-ring (bicyclic) bond motifs is 3. The molecule has 4 nitrogen and oxygen atoms in total. The van der Waals surface area contributed by atoms with E-state index in [1.165, 1.54) is 54.8 Å². The molecule has 0 bridgehead atoms. The van der Waals surface area contributed by atoms with Crippen LogP contribution in [-0.4, -0.2) is 14.0 Å². The lowest BCUT2D eigenvalue weighted by Crippen LogP contribution is -2.22. The Morgan fingerprint density at radius 2 is 1.93 bits per heavy atom.